The Bertz CT molecular complexity index is 1580. The summed E-state index contributed by atoms with van der Waals surface area (Å²) >= 11 is 1.28. The van der Waals surface area contributed by atoms with Gasteiger partial charge in [0, 0.05) is 0 Å². The average molecular weight is 579 g/mol. The number of nitrogens with zero attached hydrogens (tertiary/aromatic N) is 2. The summed E-state index contributed by atoms with van der Waals surface area (Å²) < 4.78 is 24.4. The second kappa shape index (κ2) is 13.7. The van der Waals surface area contributed by atoms with E-state index in [4.69, 9.17) is 18.9 Å². The first-order valence-electron chi connectivity index (χ1n) is 13.9. The maximum atomic E-state index is 13.9. The Morgan fingerprint density at radius 1 is 1.07 bits per heavy atom. The molecule has 9 heteroatoms. The van der Waals surface area contributed by atoms with Gasteiger partial charge in [0.05, 0.1) is 49.3 Å². The summed E-state index contributed by atoms with van der Waals surface area (Å²) in [5.41, 5.74) is 2.20. The Morgan fingerprint density at radius 2 is 1.80 bits per heavy atom. The second-order valence-electron chi connectivity index (χ2n) is 10.3. The van der Waals surface area contributed by atoms with Crippen LogP contribution in [0.2, 0.25) is 0 Å². The van der Waals surface area contributed by atoms with Gasteiger partial charge in [0.25, 0.3) is 5.56 Å². The van der Waals surface area contributed by atoms with Gasteiger partial charge in [0.2, 0.25) is 0 Å². The lowest BCUT2D eigenvalue weighted by atomic mass is 9.96. The van der Waals surface area contributed by atoms with Crippen molar-refractivity contribution in [1.82, 2.24) is 4.57 Å². The van der Waals surface area contributed by atoms with Gasteiger partial charge >= 0.3 is 5.97 Å². The fourth-order valence-electron chi connectivity index (χ4n) is 4.60. The number of allylic oxidation sites excluding steroid dienone is 1. The molecule has 0 bridgehead atoms. The molecule has 0 saturated heterocycles. The van der Waals surface area contributed by atoms with E-state index in [9.17, 15) is 9.59 Å². The van der Waals surface area contributed by atoms with Crippen LogP contribution in [0.4, 0.5) is 0 Å². The Balaban J connectivity index is 1.79. The molecule has 41 heavy (non-hydrogen) atoms. The van der Waals surface area contributed by atoms with Crippen molar-refractivity contribution < 1.29 is 23.7 Å². The number of fused-ring (bicyclic) bond motifs is 1. The van der Waals surface area contributed by atoms with Crippen molar-refractivity contribution in [2.45, 2.75) is 53.0 Å². The predicted molar refractivity (Wildman–Crippen MR) is 161 cm³/mol. The molecule has 1 unspecified atom stereocenters. The van der Waals surface area contributed by atoms with Crippen molar-refractivity contribution in [2.75, 3.05) is 27.4 Å². The molecule has 1 aromatic heterocycles. The summed E-state index contributed by atoms with van der Waals surface area (Å²) in [6.45, 7) is 8.82. The maximum absolute atomic E-state index is 13.9. The summed E-state index contributed by atoms with van der Waals surface area (Å²) in [5.74, 6) is 1.61. The number of hydrogen-bond donors (Lipinski definition) is 0. The van der Waals surface area contributed by atoms with E-state index in [1.807, 2.05) is 50.2 Å². The maximum Gasteiger partial charge on any atom is 0.338 e. The molecule has 4 rings (SSSR count). The van der Waals surface area contributed by atoms with Crippen molar-refractivity contribution in [3.63, 3.8) is 0 Å². The molecule has 2 heterocycles. The molecule has 1 aliphatic heterocycles. The number of unbranched alkanes of at least 4 members (excludes halogenated alkanes) is 2. The summed E-state index contributed by atoms with van der Waals surface area (Å²) in [6, 6.07) is 12.3. The number of hydrogen-bond acceptors (Lipinski definition) is 8. The van der Waals surface area contributed by atoms with Crippen LogP contribution in [-0.4, -0.2) is 38.0 Å². The quantitative estimate of drug-likeness (QED) is 0.222. The summed E-state index contributed by atoms with van der Waals surface area (Å²) in [6.07, 6.45) is 5.02. The third-order valence-corrected chi connectivity index (χ3v) is 7.69. The Kier molecular flexibility index (Phi) is 10.0. The molecule has 8 nitrogen and oxygen atoms in total. The lowest BCUT2D eigenvalue weighted by Crippen LogP contribution is -2.40. The lowest BCUT2D eigenvalue weighted by molar-refractivity contribution is -0.140. The number of thiazole rings is 1. The zero-order valence-electron chi connectivity index (χ0n) is 24.6. The molecule has 1 aliphatic rings. The predicted octanol–water partition coefficient (Wildman–Crippen LogP) is 5.02. The van der Waals surface area contributed by atoms with Crippen molar-refractivity contribution in [1.29, 1.82) is 0 Å². The van der Waals surface area contributed by atoms with Crippen LogP contribution >= 0.6 is 11.3 Å². The number of aromatic nitrogens is 1. The van der Waals surface area contributed by atoms with Gasteiger partial charge in [-0.1, -0.05) is 63.1 Å². The zero-order valence-corrected chi connectivity index (χ0v) is 25.4. The third kappa shape index (κ3) is 6.90. The number of esters is 1. The molecule has 218 valence electrons. The minimum Gasteiger partial charge on any atom is -0.494 e. The smallest absolute Gasteiger partial charge is 0.338 e. The monoisotopic (exact) mass is 578 g/mol. The number of methoxy groups -OCH3 is 2. The van der Waals surface area contributed by atoms with Crippen LogP contribution in [0.3, 0.4) is 0 Å². The molecule has 3 aromatic rings. The van der Waals surface area contributed by atoms with E-state index in [1.54, 1.807) is 37.9 Å². The normalized spacial score (nSPS) is 15.0. The number of carbonyl (C=O) groups excluding carboxylic acids is 1. The van der Waals surface area contributed by atoms with Crippen LogP contribution in [-0.2, 0) is 9.53 Å². The molecule has 0 radical (unpaired) electrons. The highest BCUT2D eigenvalue weighted by Gasteiger charge is 2.33. The fourth-order valence-corrected chi connectivity index (χ4v) is 5.65. The van der Waals surface area contributed by atoms with Crippen LogP contribution in [0, 0.1) is 5.92 Å². The van der Waals surface area contributed by atoms with Crippen LogP contribution in [0.5, 0.6) is 17.2 Å². The summed E-state index contributed by atoms with van der Waals surface area (Å²) in [4.78, 5) is 32.5. The molecule has 0 amide bonds. The van der Waals surface area contributed by atoms with E-state index in [1.165, 1.54) is 11.3 Å². The summed E-state index contributed by atoms with van der Waals surface area (Å²) in [5, 5.41) is 0. The number of ether oxygens (including phenoxy) is 4. The Labute approximate surface area is 244 Å². The van der Waals surface area contributed by atoms with Crippen molar-refractivity contribution in [3.8, 4) is 17.2 Å². The van der Waals surface area contributed by atoms with Gasteiger partial charge in [0.1, 0.15) is 5.75 Å². The van der Waals surface area contributed by atoms with Crippen LogP contribution < -0.4 is 29.1 Å². The summed E-state index contributed by atoms with van der Waals surface area (Å²) in [7, 11) is 3.15. The lowest BCUT2D eigenvalue weighted by Gasteiger charge is -2.25. The van der Waals surface area contributed by atoms with E-state index in [-0.39, 0.29) is 18.1 Å². The third-order valence-electron chi connectivity index (χ3n) is 6.71. The number of benzene rings is 2. The van der Waals surface area contributed by atoms with Gasteiger partial charge in [-0.25, -0.2) is 9.79 Å². The van der Waals surface area contributed by atoms with E-state index >= 15 is 0 Å². The highest BCUT2D eigenvalue weighted by atomic mass is 32.1. The van der Waals surface area contributed by atoms with E-state index in [0.717, 1.165) is 36.1 Å². The van der Waals surface area contributed by atoms with Crippen molar-refractivity contribution >= 4 is 23.4 Å². The van der Waals surface area contributed by atoms with Crippen molar-refractivity contribution in [3.05, 3.63) is 84.5 Å². The van der Waals surface area contributed by atoms with Crippen molar-refractivity contribution in [2.24, 2.45) is 10.9 Å². The fraction of sp³-hybridized carbons (Fsp3) is 0.406. The van der Waals surface area contributed by atoms with E-state index in [2.05, 4.69) is 11.9 Å². The van der Waals surface area contributed by atoms with Gasteiger partial charge in [0.15, 0.2) is 16.3 Å². The first kappa shape index (κ1) is 30.1. The first-order chi connectivity index (χ1) is 19.8. The van der Waals surface area contributed by atoms with Crippen LogP contribution in [0.25, 0.3) is 6.08 Å². The van der Waals surface area contributed by atoms with Gasteiger partial charge in [-0.05, 0) is 60.7 Å². The van der Waals surface area contributed by atoms with Gasteiger partial charge < -0.3 is 18.9 Å². The van der Waals surface area contributed by atoms with E-state index < -0.39 is 12.0 Å². The molecular formula is C32H38N2O6S. The first-order valence-corrected chi connectivity index (χ1v) is 14.7. The van der Waals surface area contributed by atoms with Crippen LogP contribution in [0.1, 0.15) is 64.1 Å². The Hall–Kier alpha value is -3.85. The standard InChI is InChI=1S/C32H38N2O6S/c1-7-8-9-16-39-24-13-11-23(12-14-24)29-28(31(36)40-19-20(2)3)21(4)33-32-34(29)30(35)27(41-32)18-22-10-15-25(37-5)26(17-22)38-6/h10-15,17-18,20,29H,7-9,16,19H2,1-6H3/b27-18-. The SMILES string of the molecule is CCCCCOc1ccc(C2C(C(=O)OCC(C)C)=C(C)N=c3s/c(=C\c4ccc(OC)c(OC)c4)c(=O)n32)cc1. The molecular weight excluding hydrogens is 540 g/mol. The molecule has 0 N–H and O–H groups in total. The zero-order chi connectivity index (χ0) is 29.5. The molecule has 0 fully saturated rings. The topological polar surface area (TPSA) is 88.4 Å². The van der Waals surface area contributed by atoms with Gasteiger partial charge in [-0.3, -0.25) is 9.36 Å². The average Bonchev–Trinajstić information content (AvgIpc) is 3.27. The molecule has 0 saturated carbocycles. The molecule has 2 aromatic carbocycles. The molecule has 0 spiro atoms. The minimum absolute atomic E-state index is 0.171. The van der Waals surface area contributed by atoms with E-state index in [0.29, 0.717) is 38.7 Å². The molecule has 0 aliphatic carbocycles. The number of carbonyl (C=O) groups is 1. The van der Waals surface area contributed by atoms with Gasteiger partial charge in [-0.15, -0.1) is 0 Å². The molecule has 1 atom stereocenters. The minimum atomic E-state index is -0.687. The number of rotatable bonds is 12. The van der Waals surface area contributed by atoms with Crippen LogP contribution in [0.15, 0.2) is 63.5 Å². The Morgan fingerprint density at radius 3 is 2.46 bits per heavy atom. The highest BCUT2D eigenvalue weighted by Crippen LogP contribution is 2.32. The second-order valence-corrected chi connectivity index (χ2v) is 11.3. The largest absolute Gasteiger partial charge is 0.494 e. The van der Waals surface area contributed by atoms with Gasteiger partial charge in [-0.2, -0.15) is 0 Å². The highest BCUT2D eigenvalue weighted by molar-refractivity contribution is 7.07.